The number of hydrogen-bond donors (Lipinski definition) is 1. The van der Waals surface area contributed by atoms with E-state index in [1.54, 1.807) is 25.4 Å². The van der Waals surface area contributed by atoms with Gasteiger partial charge in [0.2, 0.25) is 5.91 Å². The van der Waals surface area contributed by atoms with E-state index in [4.69, 9.17) is 4.52 Å². The highest BCUT2D eigenvalue weighted by Gasteiger charge is 2.30. The smallest absolute Gasteiger partial charge is 0.236 e. The quantitative estimate of drug-likeness (QED) is 0.678. The molecular weight excluding hydrogens is 340 g/mol. The zero-order chi connectivity index (χ0) is 17.2. The summed E-state index contributed by atoms with van der Waals surface area (Å²) in [4.78, 5) is 16.1. The predicted molar refractivity (Wildman–Crippen MR) is 92.1 cm³/mol. The van der Waals surface area contributed by atoms with Gasteiger partial charge in [-0.05, 0) is 31.9 Å². The second kappa shape index (κ2) is 6.67. The molecule has 0 atom stereocenters. The lowest BCUT2D eigenvalue weighted by Gasteiger charge is -2.08. The molecule has 3 aromatic rings. The fourth-order valence-electron chi connectivity index (χ4n) is 2.47. The SMILES string of the molecule is Cc1cc(NC(=O)CSc2nnc(-c3ccncc3)n2C2CC2)no1. The molecule has 1 fully saturated rings. The summed E-state index contributed by atoms with van der Waals surface area (Å²) in [6.07, 6.45) is 5.69. The fourth-order valence-corrected chi connectivity index (χ4v) is 3.28. The molecule has 3 aromatic heterocycles. The lowest BCUT2D eigenvalue weighted by molar-refractivity contribution is -0.113. The zero-order valence-electron chi connectivity index (χ0n) is 13.5. The molecule has 1 aliphatic rings. The summed E-state index contributed by atoms with van der Waals surface area (Å²) >= 11 is 1.37. The average Bonchev–Trinajstić information content (AvgIpc) is 3.24. The van der Waals surface area contributed by atoms with E-state index >= 15 is 0 Å². The molecule has 1 saturated carbocycles. The van der Waals surface area contributed by atoms with Crippen molar-refractivity contribution in [2.75, 3.05) is 11.1 Å². The summed E-state index contributed by atoms with van der Waals surface area (Å²) in [7, 11) is 0. The number of aryl methyl sites for hydroxylation is 1. The Kier molecular flexibility index (Phi) is 4.22. The lowest BCUT2D eigenvalue weighted by Crippen LogP contribution is -2.14. The van der Waals surface area contributed by atoms with Gasteiger partial charge in [-0.3, -0.25) is 14.3 Å². The maximum atomic E-state index is 12.1. The highest BCUT2D eigenvalue weighted by Crippen LogP contribution is 2.40. The number of anilines is 1. The van der Waals surface area contributed by atoms with Crippen LogP contribution in [0, 0.1) is 6.92 Å². The molecule has 0 spiro atoms. The van der Waals surface area contributed by atoms with Crippen molar-refractivity contribution >= 4 is 23.5 Å². The van der Waals surface area contributed by atoms with Gasteiger partial charge in [0.1, 0.15) is 5.76 Å². The maximum absolute atomic E-state index is 12.1. The van der Waals surface area contributed by atoms with Crippen LogP contribution in [-0.4, -0.2) is 36.6 Å². The van der Waals surface area contributed by atoms with Crippen molar-refractivity contribution in [3.63, 3.8) is 0 Å². The van der Waals surface area contributed by atoms with Gasteiger partial charge in [0.15, 0.2) is 16.8 Å². The highest BCUT2D eigenvalue weighted by atomic mass is 32.2. The van der Waals surface area contributed by atoms with Crippen molar-refractivity contribution < 1.29 is 9.32 Å². The number of nitrogens with zero attached hydrogens (tertiary/aromatic N) is 5. The Morgan fingerprint density at radius 2 is 2.16 bits per heavy atom. The third-order valence-corrected chi connectivity index (χ3v) is 4.69. The highest BCUT2D eigenvalue weighted by molar-refractivity contribution is 7.99. The Labute approximate surface area is 148 Å². The van der Waals surface area contributed by atoms with E-state index in [1.807, 2.05) is 12.1 Å². The van der Waals surface area contributed by atoms with Crippen LogP contribution in [0.5, 0.6) is 0 Å². The van der Waals surface area contributed by atoms with E-state index in [9.17, 15) is 4.79 Å². The molecule has 1 aliphatic carbocycles. The summed E-state index contributed by atoms with van der Waals surface area (Å²) in [6.45, 7) is 1.77. The molecule has 0 aromatic carbocycles. The van der Waals surface area contributed by atoms with Gasteiger partial charge in [0, 0.05) is 30.1 Å². The summed E-state index contributed by atoms with van der Waals surface area (Å²) in [6, 6.07) is 5.91. The second-order valence-electron chi connectivity index (χ2n) is 5.80. The van der Waals surface area contributed by atoms with Gasteiger partial charge in [0.05, 0.1) is 5.75 Å². The number of carbonyl (C=O) groups excluding carboxylic acids is 1. The number of aromatic nitrogens is 5. The zero-order valence-corrected chi connectivity index (χ0v) is 14.4. The van der Waals surface area contributed by atoms with Crippen LogP contribution in [0.2, 0.25) is 0 Å². The molecule has 128 valence electrons. The Morgan fingerprint density at radius 1 is 1.36 bits per heavy atom. The number of pyridine rings is 1. The molecule has 0 aliphatic heterocycles. The Balaban J connectivity index is 1.47. The maximum Gasteiger partial charge on any atom is 0.236 e. The molecule has 0 unspecified atom stereocenters. The lowest BCUT2D eigenvalue weighted by atomic mass is 10.2. The third kappa shape index (κ3) is 3.55. The Hall–Kier alpha value is -2.68. The van der Waals surface area contributed by atoms with Crippen LogP contribution in [0.15, 0.2) is 40.3 Å². The van der Waals surface area contributed by atoms with Gasteiger partial charge in [-0.1, -0.05) is 16.9 Å². The molecule has 1 N–H and O–H groups in total. The molecule has 0 bridgehead atoms. The molecule has 0 radical (unpaired) electrons. The summed E-state index contributed by atoms with van der Waals surface area (Å²) in [5, 5.41) is 15.8. The first-order valence-corrected chi connectivity index (χ1v) is 8.90. The molecular formula is C16H16N6O2S. The van der Waals surface area contributed by atoms with Gasteiger partial charge in [0.25, 0.3) is 0 Å². The van der Waals surface area contributed by atoms with Crippen molar-refractivity contribution in [1.82, 2.24) is 24.9 Å². The van der Waals surface area contributed by atoms with Crippen molar-refractivity contribution in [2.24, 2.45) is 0 Å². The number of carbonyl (C=O) groups is 1. The Morgan fingerprint density at radius 3 is 2.84 bits per heavy atom. The van der Waals surface area contributed by atoms with E-state index in [-0.39, 0.29) is 11.7 Å². The predicted octanol–water partition coefficient (Wildman–Crippen LogP) is 2.70. The Bertz CT molecular complexity index is 887. The largest absolute Gasteiger partial charge is 0.360 e. The van der Waals surface area contributed by atoms with E-state index in [1.165, 1.54) is 11.8 Å². The average molecular weight is 356 g/mol. The number of rotatable bonds is 6. The van der Waals surface area contributed by atoms with Crippen LogP contribution in [-0.2, 0) is 4.79 Å². The molecule has 8 nitrogen and oxygen atoms in total. The van der Waals surface area contributed by atoms with E-state index in [0.717, 1.165) is 29.4 Å². The van der Waals surface area contributed by atoms with Crippen LogP contribution in [0.1, 0.15) is 24.6 Å². The minimum Gasteiger partial charge on any atom is -0.360 e. The monoisotopic (exact) mass is 356 g/mol. The normalized spacial score (nSPS) is 13.8. The standard InChI is InChI=1S/C16H16N6O2S/c1-10-8-13(21-24-10)18-14(23)9-25-16-20-19-15(22(16)12-2-3-12)11-4-6-17-7-5-11/h4-8,12H,2-3,9H2,1H3,(H,18,21,23). The van der Waals surface area contributed by atoms with E-state index in [2.05, 4.69) is 30.2 Å². The van der Waals surface area contributed by atoms with E-state index < -0.39 is 0 Å². The summed E-state index contributed by atoms with van der Waals surface area (Å²) < 4.78 is 7.05. The molecule has 1 amide bonds. The summed E-state index contributed by atoms with van der Waals surface area (Å²) in [5.41, 5.74) is 0.976. The first-order valence-electron chi connectivity index (χ1n) is 7.92. The van der Waals surface area contributed by atoms with Crippen LogP contribution in [0.25, 0.3) is 11.4 Å². The van der Waals surface area contributed by atoms with Gasteiger partial charge in [-0.2, -0.15) is 0 Å². The van der Waals surface area contributed by atoms with Crippen LogP contribution < -0.4 is 5.32 Å². The first-order chi connectivity index (χ1) is 12.2. The molecule has 25 heavy (non-hydrogen) atoms. The summed E-state index contributed by atoms with van der Waals surface area (Å²) in [5.74, 6) is 1.96. The fraction of sp³-hybridized carbons (Fsp3) is 0.312. The number of hydrogen-bond acceptors (Lipinski definition) is 7. The van der Waals surface area contributed by atoms with Crippen molar-refractivity contribution in [3.05, 3.63) is 36.4 Å². The van der Waals surface area contributed by atoms with Gasteiger partial charge in [-0.15, -0.1) is 10.2 Å². The van der Waals surface area contributed by atoms with Crippen LogP contribution in [0.3, 0.4) is 0 Å². The van der Waals surface area contributed by atoms with Gasteiger partial charge in [-0.25, -0.2) is 0 Å². The molecule has 3 heterocycles. The third-order valence-electron chi connectivity index (χ3n) is 3.74. The number of nitrogens with one attached hydrogen (secondary N) is 1. The minimum atomic E-state index is -0.158. The van der Waals surface area contributed by atoms with Gasteiger partial charge < -0.3 is 9.84 Å². The van der Waals surface area contributed by atoms with E-state index in [0.29, 0.717) is 17.6 Å². The second-order valence-corrected chi connectivity index (χ2v) is 6.75. The topological polar surface area (TPSA) is 98.7 Å². The number of thioether (sulfide) groups is 1. The molecule has 9 heteroatoms. The van der Waals surface area contributed by atoms with Crippen LogP contribution in [0.4, 0.5) is 5.82 Å². The number of amides is 1. The van der Waals surface area contributed by atoms with Crippen molar-refractivity contribution in [1.29, 1.82) is 0 Å². The first kappa shape index (κ1) is 15.8. The van der Waals surface area contributed by atoms with Gasteiger partial charge >= 0.3 is 0 Å². The molecule has 0 saturated heterocycles. The minimum absolute atomic E-state index is 0.158. The van der Waals surface area contributed by atoms with Crippen LogP contribution >= 0.6 is 11.8 Å². The van der Waals surface area contributed by atoms with Crippen molar-refractivity contribution in [2.45, 2.75) is 31.0 Å². The molecule has 4 rings (SSSR count). The van der Waals surface area contributed by atoms with Crippen molar-refractivity contribution in [3.8, 4) is 11.4 Å².